The number of amides is 2. The van der Waals surface area contributed by atoms with Crippen molar-refractivity contribution in [3.05, 3.63) is 97.8 Å². The molecule has 0 atom stereocenters. The van der Waals surface area contributed by atoms with Gasteiger partial charge < -0.3 is 9.47 Å². The molecule has 174 valence electrons. The number of carbonyl (C=O) groups excluding carboxylic acids is 2. The number of halogens is 2. The second-order valence-electron chi connectivity index (χ2n) is 7.60. The molecule has 0 spiro atoms. The molecule has 1 aliphatic heterocycles. The maximum Gasteiger partial charge on any atom is 0.293 e. The van der Waals surface area contributed by atoms with Crippen LogP contribution in [0.15, 0.2) is 76.1 Å². The first-order chi connectivity index (χ1) is 16.4. The van der Waals surface area contributed by atoms with Crippen molar-refractivity contribution in [3.8, 4) is 11.5 Å². The highest BCUT2D eigenvalue weighted by molar-refractivity contribution is 9.10. The number of rotatable bonds is 8. The van der Waals surface area contributed by atoms with E-state index < -0.39 is 0 Å². The van der Waals surface area contributed by atoms with Gasteiger partial charge in [0.1, 0.15) is 24.7 Å². The number of hydrogen-bond acceptors (Lipinski definition) is 5. The van der Waals surface area contributed by atoms with Crippen LogP contribution in [0, 0.1) is 6.92 Å². The van der Waals surface area contributed by atoms with Crippen LogP contribution in [0.3, 0.4) is 0 Å². The molecule has 0 bridgehead atoms. The second-order valence-corrected chi connectivity index (χ2v) is 9.92. The summed E-state index contributed by atoms with van der Waals surface area (Å²) >= 11 is 10.7. The van der Waals surface area contributed by atoms with Crippen molar-refractivity contribution >= 4 is 56.5 Å². The Bertz CT molecular complexity index is 1230. The van der Waals surface area contributed by atoms with E-state index in [1.807, 2.05) is 55.5 Å². The Labute approximate surface area is 215 Å². The van der Waals surface area contributed by atoms with Gasteiger partial charge in [-0.15, -0.1) is 0 Å². The average Bonchev–Trinajstić information content (AvgIpc) is 3.08. The zero-order chi connectivity index (χ0) is 24.1. The SMILES string of the molecule is Cc1ccc(OCCN2C(=O)S/C(=C\c3ccc(OCc4ccc(Br)cc4)c(Cl)c3)C2=O)cc1. The van der Waals surface area contributed by atoms with Gasteiger partial charge in [-0.3, -0.25) is 14.5 Å². The summed E-state index contributed by atoms with van der Waals surface area (Å²) in [6.07, 6.45) is 1.66. The Balaban J connectivity index is 1.35. The topological polar surface area (TPSA) is 55.8 Å². The molecule has 1 heterocycles. The normalized spacial score (nSPS) is 14.7. The Morgan fingerprint density at radius 1 is 1.00 bits per heavy atom. The lowest BCUT2D eigenvalue weighted by Crippen LogP contribution is -2.32. The van der Waals surface area contributed by atoms with Gasteiger partial charge in [-0.2, -0.15) is 0 Å². The summed E-state index contributed by atoms with van der Waals surface area (Å²) in [7, 11) is 0. The number of aryl methyl sites for hydroxylation is 1. The lowest BCUT2D eigenvalue weighted by Gasteiger charge is -2.13. The average molecular weight is 559 g/mol. The summed E-state index contributed by atoms with van der Waals surface area (Å²) in [5.41, 5.74) is 2.86. The molecule has 0 radical (unpaired) electrons. The smallest absolute Gasteiger partial charge is 0.293 e. The number of thioether (sulfide) groups is 1. The van der Waals surface area contributed by atoms with Crippen LogP contribution in [-0.2, 0) is 11.4 Å². The van der Waals surface area contributed by atoms with E-state index in [0.717, 1.165) is 27.4 Å². The lowest BCUT2D eigenvalue weighted by atomic mass is 10.2. The van der Waals surface area contributed by atoms with Gasteiger partial charge in [0, 0.05) is 4.47 Å². The van der Waals surface area contributed by atoms with Gasteiger partial charge in [-0.1, -0.05) is 63.4 Å². The number of carbonyl (C=O) groups is 2. The van der Waals surface area contributed by atoms with Crippen molar-refractivity contribution in [2.24, 2.45) is 0 Å². The van der Waals surface area contributed by atoms with Crippen molar-refractivity contribution in [2.75, 3.05) is 13.2 Å². The van der Waals surface area contributed by atoms with E-state index >= 15 is 0 Å². The van der Waals surface area contributed by atoms with Crippen LogP contribution in [0.1, 0.15) is 16.7 Å². The van der Waals surface area contributed by atoms with E-state index in [1.165, 1.54) is 4.90 Å². The molecule has 0 unspecified atom stereocenters. The highest BCUT2D eigenvalue weighted by atomic mass is 79.9. The third kappa shape index (κ3) is 6.23. The van der Waals surface area contributed by atoms with E-state index in [0.29, 0.717) is 33.6 Å². The first-order valence-corrected chi connectivity index (χ1v) is 12.5. The molecule has 1 saturated heterocycles. The van der Waals surface area contributed by atoms with E-state index in [2.05, 4.69) is 15.9 Å². The maximum absolute atomic E-state index is 12.7. The van der Waals surface area contributed by atoms with Crippen molar-refractivity contribution in [2.45, 2.75) is 13.5 Å². The van der Waals surface area contributed by atoms with Crippen LogP contribution in [0.5, 0.6) is 11.5 Å². The van der Waals surface area contributed by atoms with Gasteiger partial charge in [0.15, 0.2) is 0 Å². The molecule has 5 nitrogen and oxygen atoms in total. The Kier molecular flexibility index (Phi) is 7.98. The van der Waals surface area contributed by atoms with Crippen LogP contribution < -0.4 is 9.47 Å². The fourth-order valence-electron chi connectivity index (χ4n) is 3.20. The van der Waals surface area contributed by atoms with Crippen LogP contribution in [0.25, 0.3) is 6.08 Å². The van der Waals surface area contributed by atoms with E-state index in [9.17, 15) is 9.59 Å². The minimum absolute atomic E-state index is 0.180. The number of imide groups is 1. The molecule has 3 aromatic carbocycles. The highest BCUT2D eigenvalue weighted by Gasteiger charge is 2.34. The Morgan fingerprint density at radius 2 is 1.74 bits per heavy atom. The number of benzene rings is 3. The number of hydrogen-bond donors (Lipinski definition) is 0. The fraction of sp³-hybridized carbons (Fsp3) is 0.154. The monoisotopic (exact) mass is 557 g/mol. The molecule has 4 rings (SSSR count). The molecule has 0 aliphatic carbocycles. The number of ether oxygens (including phenoxy) is 2. The largest absolute Gasteiger partial charge is 0.492 e. The first kappa shape index (κ1) is 24.4. The molecule has 0 aromatic heterocycles. The van der Waals surface area contributed by atoms with Gasteiger partial charge in [0.05, 0.1) is 16.5 Å². The third-order valence-electron chi connectivity index (χ3n) is 5.04. The zero-order valence-corrected chi connectivity index (χ0v) is 21.5. The molecular formula is C26H21BrClNO4S. The Morgan fingerprint density at radius 3 is 2.44 bits per heavy atom. The molecule has 1 fully saturated rings. The van der Waals surface area contributed by atoms with Gasteiger partial charge in [0.2, 0.25) is 0 Å². The summed E-state index contributed by atoms with van der Waals surface area (Å²) in [5.74, 6) is 0.905. The van der Waals surface area contributed by atoms with Gasteiger partial charge in [0.25, 0.3) is 11.1 Å². The molecule has 0 saturated carbocycles. The minimum Gasteiger partial charge on any atom is -0.492 e. The summed E-state index contributed by atoms with van der Waals surface area (Å²) in [5, 5.41) is 0.112. The fourth-order valence-corrected chi connectivity index (χ4v) is 4.57. The van der Waals surface area contributed by atoms with Gasteiger partial charge >= 0.3 is 0 Å². The zero-order valence-electron chi connectivity index (χ0n) is 18.3. The number of nitrogens with zero attached hydrogens (tertiary/aromatic N) is 1. The first-order valence-electron chi connectivity index (χ1n) is 10.5. The molecule has 3 aromatic rings. The summed E-state index contributed by atoms with van der Waals surface area (Å²) in [4.78, 5) is 26.6. The molecule has 2 amide bonds. The predicted octanol–water partition coefficient (Wildman–Crippen LogP) is 7.11. The van der Waals surface area contributed by atoms with Crippen molar-refractivity contribution < 1.29 is 19.1 Å². The van der Waals surface area contributed by atoms with Crippen molar-refractivity contribution in [1.29, 1.82) is 0 Å². The van der Waals surface area contributed by atoms with Crippen LogP contribution in [0.2, 0.25) is 5.02 Å². The van der Waals surface area contributed by atoms with Crippen LogP contribution in [-0.4, -0.2) is 29.2 Å². The highest BCUT2D eigenvalue weighted by Crippen LogP contribution is 2.34. The summed E-state index contributed by atoms with van der Waals surface area (Å²) in [6.45, 7) is 2.79. The van der Waals surface area contributed by atoms with Crippen LogP contribution >= 0.6 is 39.3 Å². The van der Waals surface area contributed by atoms with Gasteiger partial charge in [-0.25, -0.2) is 0 Å². The summed E-state index contributed by atoms with van der Waals surface area (Å²) < 4.78 is 12.5. The molecule has 1 aliphatic rings. The lowest BCUT2D eigenvalue weighted by molar-refractivity contribution is -0.123. The molecule has 0 N–H and O–H groups in total. The molecule has 8 heteroatoms. The van der Waals surface area contributed by atoms with E-state index in [1.54, 1.807) is 24.3 Å². The van der Waals surface area contributed by atoms with Crippen molar-refractivity contribution in [3.63, 3.8) is 0 Å². The molecule has 34 heavy (non-hydrogen) atoms. The quantitative estimate of drug-likeness (QED) is 0.276. The maximum atomic E-state index is 12.7. The van der Waals surface area contributed by atoms with Crippen LogP contribution in [0.4, 0.5) is 4.79 Å². The van der Waals surface area contributed by atoms with Crippen molar-refractivity contribution in [1.82, 2.24) is 4.90 Å². The molecular weight excluding hydrogens is 538 g/mol. The van der Waals surface area contributed by atoms with E-state index in [-0.39, 0.29) is 24.3 Å². The predicted molar refractivity (Wildman–Crippen MR) is 139 cm³/mol. The summed E-state index contributed by atoms with van der Waals surface area (Å²) in [6, 6.07) is 20.7. The third-order valence-corrected chi connectivity index (χ3v) is 6.77. The van der Waals surface area contributed by atoms with E-state index in [4.69, 9.17) is 21.1 Å². The second kappa shape index (κ2) is 11.1. The Hall–Kier alpha value is -2.74. The van der Waals surface area contributed by atoms with Gasteiger partial charge in [-0.05, 0) is 72.3 Å². The standard InChI is InChI=1S/C26H21BrClNO4S/c1-17-2-9-21(10-3-17)32-13-12-29-25(30)24(34-26(29)31)15-19-6-11-23(22(28)14-19)33-16-18-4-7-20(27)8-5-18/h2-11,14-15H,12-13,16H2,1H3/b24-15-. The minimum atomic E-state index is -0.339.